The second-order valence-corrected chi connectivity index (χ2v) is 6.49. The van der Waals surface area contributed by atoms with Crippen molar-refractivity contribution >= 4 is 5.82 Å². The lowest BCUT2D eigenvalue weighted by Gasteiger charge is -2.18. The van der Waals surface area contributed by atoms with E-state index < -0.39 is 17.8 Å². The molecule has 0 radical (unpaired) electrons. The number of halogens is 3. The van der Waals surface area contributed by atoms with Crippen LogP contribution in [0.2, 0.25) is 0 Å². The molecule has 1 aliphatic heterocycles. The van der Waals surface area contributed by atoms with Crippen molar-refractivity contribution < 1.29 is 23.0 Å². The molecule has 1 N–H and O–H groups in total. The summed E-state index contributed by atoms with van der Waals surface area (Å²) < 4.78 is 45.1. The number of hydrogen-bond acceptors (Lipinski definition) is 8. The number of hydrogen-bond donors (Lipinski definition) is 1. The maximum atomic E-state index is 12.8. The minimum atomic E-state index is -4.69. The molecule has 9 nitrogen and oxygen atoms in total. The van der Waals surface area contributed by atoms with Gasteiger partial charge in [0.2, 0.25) is 5.88 Å². The van der Waals surface area contributed by atoms with Gasteiger partial charge in [-0.25, -0.2) is 9.97 Å². The topological polar surface area (TPSA) is 113 Å². The molecule has 0 aliphatic carbocycles. The van der Waals surface area contributed by atoms with E-state index in [0.29, 0.717) is 47.4 Å². The molecule has 1 saturated heterocycles. The van der Waals surface area contributed by atoms with Crippen molar-refractivity contribution in [3.05, 3.63) is 48.2 Å². The largest absolute Gasteiger partial charge is 0.493 e. The summed E-state index contributed by atoms with van der Waals surface area (Å²) in [5, 5.41) is 22.4. The average Bonchev–Trinajstić information content (AvgIpc) is 3.35. The van der Waals surface area contributed by atoms with Crippen molar-refractivity contribution in [1.82, 2.24) is 24.7 Å². The van der Waals surface area contributed by atoms with Gasteiger partial charge >= 0.3 is 6.18 Å². The van der Waals surface area contributed by atoms with Crippen LogP contribution in [0, 0.1) is 11.3 Å². The molecule has 30 heavy (non-hydrogen) atoms. The van der Waals surface area contributed by atoms with E-state index in [0.717, 1.165) is 0 Å². The Hall–Kier alpha value is -3.88. The van der Waals surface area contributed by atoms with E-state index in [2.05, 4.69) is 20.1 Å². The van der Waals surface area contributed by atoms with Crippen LogP contribution < -0.4 is 9.64 Å². The van der Waals surface area contributed by atoms with Gasteiger partial charge in [0, 0.05) is 31.3 Å². The molecule has 3 aromatic heterocycles. The lowest BCUT2D eigenvalue weighted by Crippen LogP contribution is -2.25. The quantitative estimate of drug-likeness (QED) is 0.688. The summed E-state index contributed by atoms with van der Waals surface area (Å²) in [5.74, 6) is 0.143. The number of nitriles is 1. The molecule has 4 heterocycles. The maximum absolute atomic E-state index is 12.8. The molecule has 154 valence electrons. The van der Waals surface area contributed by atoms with Crippen LogP contribution in [0.4, 0.5) is 19.0 Å². The molecule has 0 unspecified atom stereocenters. The van der Waals surface area contributed by atoms with Crippen molar-refractivity contribution in [1.29, 1.82) is 5.26 Å². The third-order valence-corrected chi connectivity index (χ3v) is 4.50. The lowest BCUT2D eigenvalue weighted by atomic mass is 10.2. The Labute approximate surface area is 168 Å². The predicted octanol–water partition coefficient (Wildman–Crippen LogP) is 2.31. The monoisotopic (exact) mass is 417 g/mol. The first-order valence-corrected chi connectivity index (χ1v) is 8.79. The minimum absolute atomic E-state index is 0.00334. The zero-order valence-corrected chi connectivity index (χ0v) is 15.3. The van der Waals surface area contributed by atoms with Gasteiger partial charge in [0.15, 0.2) is 17.3 Å². The Kier molecular flexibility index (Phi) is 4.86. The molecule has 0 spiro atoms. The first kappa shape index (κ1) is 19.4. The molecule has 1 atom stereocenters. The van der Waals surface area contributed by atoms with E-state index in [1.807, 2.05) is 11.0 Å². The standard InChI is InChI=1S/C18H14F3N7O2/c19-18(20,21)14-5-17(29)28(26-14)16-6-15(24-10-25-16)27-4-2-12(9-27)30-13-8-23-3-1-11(13)7-22/h1,3,5-6,8,10,12,29H,2,4,9H2/t12-/m0/s1. The first-order chi connectivity index (χ1) is 14.3. The lowest BCUT2D eigenvalue weighted by molar-refractivity contribution is -0.141. The summed E-state index contributed by atoms with van der Waals surface area (Å²) in [4.78, 5) is 13.9. The minimum Gasteiger partial charge on any atom is -0.493 e. The summed E-state index contributed by atoms with van der Waals surface area (Å²) >= 11 is 0. The van der Waals surface area contributed by atoms with Crippen molar-refractivity contribution in [2.24, 2.45) is 0 Å². The highest BCUT2D eigenvalue weighted by Gasteiger charge is 2.35. The van der Waals surface area contributed by atoms with E-state index >= 15 is 0 Å². The first-order valence-electron chi connectivity index (χ1n) is 8.79. The fourth-order valence-corrected chi connectivity index (χ4v) is 3.08. The van der Waals surface area contributed by atoms with Gasteiger partial charge in [-0.15, -0.1) is 0 Å². The number of anilines is 1. The number of rotatable bonds is 4. The van der Waals surface area contributed by atoms with E-state index in [4.69, 9.17) is 10.00 Å². The van der Waals surface area contributed by atoms with Gasteiger partial charge in [0.25, 0.3) is 0 Å². The van der Waals surface area contributed by atoms with Crippen LogP contribution in [-0.4, -0.2) is 49.0 Å². The molecule has 0 aromatic carbocycles. The number of nitrogens with zero attached hydrogens (tertiary/aromatic N) is 7. The third-order valence-electron chi connectivity index (χ3n) is 4.50. The molecular formula is C18H14F3N7O2. The van der Waals surface area contributed by atoms with Crippen molar-refractivity contribution in [2.45, 2.75) is 18.7 Å². The van der Waals surface area contributed by atoms with Gasteiger partial charge in [-0.2, -0.15) is 28.2 Å². The Balaban J connectivity index is 1.51. The SMILES string of the molecule is N#Cc1ccncc1O[C@H]1CCN(c2cc(-n3nc(C(F)(F)F)cc3O)ncn2)C1. The van der Waals surface area contributed by atoms with Gasteiger partial charge in [0.1, 0.15) is 24.3 Å². The van der Waals surface area contributed by atoms with Gasteiger partial charge < -0.3 is 14.7 Å². The summed E-state index contributed by atoms with van der Waals surface area (Å²) in [7, 11) is 0. The smallest absolute Gasteiger partial charge is 0.435 e. The molecule has 1 aliphatic rings. The second-order valence-electron chi connectivity index (χ2n) is 6.49. The van der Waals surface area contributed by atoms with Crippen molar-refractivity contribution in [3.8, 4) is 23.5 Å². The van der Waals surface area contributed by atoms with Crippen LogP contribution in [0.1, 0.15) is 17.7 Å². The third kappa shape index (κ3) is 3.82. The van der Waals surface area contributed by atoms with Gasteiger partial charge in [-0.3, -0.25) is 4.98 Å². The highest BCUT2D eigenvalue weighted by atomic mass is 19.4. The van der Waals surface area contributed by atoms with Crippen LogP contribution >= 0.6 is 0 Å². The van der Waals surface area contributed by atoms with Crippen LogP contribution in [-0.2, 0) is 6.18 Å². The normalized spacial score (nSPS) is 16.5. The molecule has 12 heteroatoms. The summed E-state index contributed by atoms with van der Waals surface area (Å²) in [5.41, 5.74) is -0.845. The Morgan fingerprint density at radius 2 is 2.03 bits per heavy atom. The Morgan fingerprint density at radius 3 is 2.77 bits per heavy atom. The van der Waals surface area contributed by atoms with Gasteiger partial charge in [-0.05, 0) is 6.07 Å². The Morgan fingerprint density at radius 1 is 1.23 bits per heavy atom. The molecule has 3 aromatic rings. The number of aromatic hydroxyl groups is 1. The zero-order chi connectivity index (χ0) is 21.3. The van der Waals surface area contributed by atoms with Crippen LogP contribution in [0.15, 0.2) is 36.9 Å². The highest BCUT2D eigenvalue weighted by Crippen LogP contribution is 2.32. The molecular weight excluding hydrogens is 403 g/mol. The van der Waals surface area contributed by atoms with Crippen molar-refractivity contribution in [3.63, 3.8) is 0 Å². The predicted molar refractivity (Wildman–Crippen MR) is 96.0 cm³/mol. The summed E-state index contributed by atoms with van der Waals surface area (Å²) in [6.07, 6.45) is -0.111. The molecule has 1 fully saturated rings. The van der Waals surface area contributed by atoms with Crippen LogP contribution in [0.3, 0.4) is 0 Å². The van der Waals surface area contributed by atoms with Crippen LogP contribution in [0.25, 0.3) is 5.82 Å². The van der Waals surface area contributed by atoms with E-state index in [1.54, 1.807) is 6.07 Å². The molecule has 0 bridgehead atoms. The summed E-state index contributed by atoms with van der Waals surface area (Å²) in [6.45, 7) is 1.01. The average molecular weight is 417 g/mol. The van der Waals surface area contributed by atoms with E-state index in [1.165, 1.54) is 24.8 Å². The van der Waals surface area contributed by atoms with Crippen LogP contribution in [0.5, 0.6) is 11.6 Å². The number of ether oxygens (including phenoxy) is 1. The summed E-state index contributed by atoms with van der Waals surface area (Å²) in [6, 6.07) is 5.56. The fraction of sp³-hybridized carbons (Fsp3) is 0.278. The Bertz CT molecular complexity index is 1110. The highest BCUT2D eigenvalue weighted by molar-refractivity contribution is 5.46. The number of pyridine rings is 1. The van der Waals surface area contributed by atoms with Gasteiger partial charge in [0.05, 0.1) is 18.3 Å². The van der Waals surface area contributed by atoms with E-state index in [9.17, 15) is 18.3 Å². The van der Waals surface area contributed by atoms with Gasteiger partial charge in [-0.1, -0.05) is 0 Å². The maximum Gasteiger partial charge on any atom is 0.435 e. The molecule has 0 amide bonds. The number of aromatic nitrogens is 5. The number of alkyl halides is 3. The van der Waals surface area contributed by atoms with Crippen molar-refractivity contribution in [2.75, 3.05) is 18.0 Å². The second kappa shape index (κ2) is 7.51. The zero-order valence-electron chi connectivity index (χ0n) is 15.3. The molecule has 0 saturated carbocycles. The van der Waals surface area contributed by atoms with E-state index in [-0.39, 0.29) is 11.9 Å². The molecule has 4 rings (SSSR count). The fourth-order valence-electron chi connectivity index (χ4n) is 3.08.